The molecule has 1 N–H and O–H groups in total. The molecule has 1 aliphatic heterocycles. The molecule has 35 heavy (non-hydrogen) atoms. The van der Waals surface area contributed by atoms with Gasteiger partial charge in [0.25, 0.3) is 5.91 Å². The summed E-state index contributed by atoms with van der Waals surface area (Å²) in [6, 6.07) is 13.7. The number of aryl methyl sites for hydroxylation is 2. The average Bonchev–Trinajstić information content (AvgIpc) is 3.02. The predicted molar refractivity (Wildman–Crippen MR) is 136 cm³/mol. The summed E-state index contributed by atoms with van der Waals surface area (Å²) in [7, 11) is 0. The molecule has 2 aromatic carbocycles. The molecule has 7 heteroatoms. The second kappa shape index (κ2) is 12.5. The number of benzene rings is 2. The fourth-order valence-corrected chi connectivity index (χ4v) is 4.74. The summed E-state index contributed by atoms with van der Waals surface area (Å²) in [5.41, 5.74) is 2.52. The normalized spacial score (nSPS) is 14.1. The van der Waals surface area contributed by atoms with Crippen molar-refractivity contribution in [2.75, 3.05) is 19.6 Å². The second-order valence-electron chi connectivity index (χ2n) is 9.29. The van der Waals surface area contributed by atoms with Crippen molar-refractivity contribution in [1.82, 2.24) is 19.8 Å². The fourth-order valence-electron chi connectivity index (χ4n) is 4.74. The Balaban J connectivity index is 1.27. The number of hydrogen-bond acceptors (Lipinski definition) is 3. The van der Waals surface area contributed by atoms with Crippen molar-refractivity contribution in [3.63, 3.8) is 0 Å². The Bertz CT molecular complexity index is 1120. The number of amides is 2. The number of carbonyl (C=O) groups excluding carboxylic acids is 2. The number of aromatic nitrogens is 2. The number of nitrogens with one attached hydrogen (secondary N) is 1. The van der Waals surface area contributed by atoms with E-state index in [9.17, 15) is 14.0 Å². The van der Waals surface area contributed by atoms with Gasteiger partial charge in [0.2, 0.25) is 5.91 Å². The molecule has 0 saturated carbocycles. The van der Waals surface area contributed by atoms with Gasteiger partial charge in [0, 0.05) is 44.6 Å². The quantitative estimate of drug-likeness (QED) is 0.412. The van der Waals surface area contributed by atoms with Gasteiger partial charge < -0.3 is 14.8 Å². The van der Waals surface area contributed by atoms with Crippen LogP contribution < -0.4 is 5.32 Å². The number of halogens is 1. The first-order chi connectivity index (χ1) is 17.1. The number of rotatable bonds is 10. The maximum Gasteiger partial charge on any atom is 0.251 e. The highest BCUT2D eigenvalue weighted by Gasteiger charge is 2.17. The number of unbranched alkanes of at least 4 members (excludes halogenated alkanes) is 2. The number of hydrogen-bond donors (Lipinski definition) is 1. The molecular formula is C28H35FN4O2. The SMILES string of the molecule is O=C(NCCCCCc1nc2ccccc2n1CCC(=O)N1CCCCCC1)c1ccc(F)cc1. The molecule has 186 valence electrons. The molecule has 0 unspecified atom stereocenters. The molecule has 4 rings (SSSR count). The maximum absolute atomic E-state index is 13.0. The topological polar surface area (TPSA) is 67.2 Å². The fraction of sp³-hybridized carbons (Fsp3) is 0.464. The Morgan fingerprint density at radius 1 is 0.914 bits per heavy atom. The largest absolute Gasteiger partial charge is 0.352 e. The molecule has 0 spiro atoms. The van der Waals surface area contributed by atoms with Crippen LogP contribution in [0.4, 0.5) is 4.39 Å². The molecule has 3 aromatic rings. The lowest BCUT2D eigenvalue weighted by Crippen LogP contribution is -2.32. The molecule has 0 atom stereocenters. The van der Waals surface area contributed by atoms with E-state index in [1.165, 1.54) is 37.1 Å². The van der Waals surface area contributed by atoms with Crippen LogP contribution in [0.1, 0.15) is 67.5 Å². The standard InChI is InChI=1S/C28H35FN4O2/c29-23-15-13-22(14-16-23)28(35)30-18-7-3-4-12-26-31-24-10-5-6-11-25(24)33(26)21-17-27(34)32-19-8-1-2-9-20-32/h5-6,10-11,13-16H,1-4,7-9,12,17-21H2,(H,30,35). The van der Waals surface area contributed by atoms with E-state index in [2.05, 4.69) is 16.0 Å². The maximum atomic E-state index is 13.0. The minimum absolute atomic E-state index is 0.180. The van der Waals surface area contributed by atoms with Gasteiger partial charge in [-0.3, -0.25) is 9.59 Å². The molecule has 0 aliphatic carbocycles. The van der Waals surface area contributed by atoms with E-state index >= 15 is 0 Å². The number of fused-ring (bicyclic) bond motifs is 1. The first-order valence-corrected chi connectivity index (χ1v) is 12.9. The molecule has 1 saturated heterocycles. The Kier molecular flexibility index (Phi) is 8.87. The van der Waals surface area contributed by atoms with Gasteiger partial charge in [0.1, 0.15) is 11.6 Å². The highest BCUT2D eigenvalue weighted by atomic mass is 19.1. The number of nitrogens with zero attached hydrogens (tertiary/aromatic N) is 3. The van der Waals surface area contributed by atoms with Crippen molar-refractivity contribution in [3.05, 3.63) is 65.7 Å². The van der Waals surface area contributed by atoms with Gasteiger partial charge in [-0.25, -0.2) is 9.37 Å². The summed E-state index contributed by atoms with van der Waals surface area (Å²) in [4.78, 5) is 31.9. The van der Waals surface area contributed by atoms with Crippen LogP contribution in [0.25, 0.3) is 11.0 Å². The van der Waals surface area contributed by atoms with Crippen LogP contribution in [0, 0.1) is 5.82 Å². The highest BCUT2D eigenvalue weighted by Crippen LogP contribution is 2.19. The zero-order valence-corrected chi connectivity index (χ0v) is 20.3. The third-order valence-electron chi connectivity index (χ3n) is 6.71. The summed E-state index contributed by atoms with van der Waals surface area (Å²) in [5, 5.41) is 2.89. The first-order valence-electron chi connectivity index (χ1n) is 12.9. The van der Waals surface area contributed by atoms with Crippen LogP contribution in [0.2, 0.25) is 0 Å². The predicted octanol–water partition coefficient (Wildman–Crippen LogP) is 5.11. The lowest BCUT2D eigenvalue weighted by molar-refractivity contribution is -0.131. The van der Waals surface area contributed by atoms with Gasteiger partial charge >= 0.3 is 0 Å². The van der Waals surface area contributed by atoms with E-state index in [1.54, 1.807) is 0 Å². The van der Waals surface area contributed by atoms with Crippen molar-refractivity contribution >= 4 is 22.8 Å². The number of imidazole rings is 1. The smallest absolute Gasteiger partial charge is 0.251 e. The zero-order valence-electron chi connectivity index (χ0n) is 20.3. The van der Waals surface area contributed by atoms with Crippen molar-refractivity contribution in [2.24, 2.45) is 0 Å². The minimum Gasteiger partial charge on any atom is -0.352 e. The van der Waals surface area contributed by atoms with Crippen LogP contribution >= 0.6 is 0 Å². The molecule has 2 heterocycles. The lowest BCUT2D eigenvalue weighted by atomic mass is 10.1. The van der Waals surface area contributed by atoms with Crippen LogP contribution in [-0.2, 0) is 17.8 Å². The molecule has 2 amide bonds. The van der Waals surface area contributed by atoms with Gasteiger partial charge in [-0.15, -0.1) is 0 Å². The number of carbonyl (C=O) groups is 2. The monoisotopic (exact) mass is 478 g/mol. The number of likely N-dealkylation sites (tertiary alicyclic amines) is 1. The molecule has 6 nitrogen and oxygen atoms in total. The van der Waals surface area contributed by atoms with E-state index in [1.807, 2.05) is 23.1 Å². The van der Waals surface area contributed by atoms with Gasteiger partial charge in [-0.1, -0.05) is 31.4 Å². The van der Waals surface area contributed by atoms with E-state index < -0.39 is 0 Å². The molecule has 1 aromatic heterocycles. The Morgan fingerprint density at radius 2 is 1.66 bits per heavy atom. The Labute approximate surface area is 206 Å². The summed E-state index contributed by atoms with van der Waals surface area (Å²) in [6.07, 6.45) is 8.76. The molecule has 1 fully saturated rings. The summed E-state index contributed by atoms with van der Waals surface area (Å²) < 4.78 is 15.2. The summed E-state index contributed by atoms with van der Waals surface area (Å²) in [5.74, 6) is 0.734. The van der Waals surface area contributed by atoms with Gasteiger partial charge in [-0.05, 0) is 62.1 Å². The van der Waals surface area contributed by atoms with E-state index in [0.717, 1.165) is 68.5 Å². The second-order valence-corrected chi connectivity index (χ2v) is 9.29. The average molecular weight is 479 g/mol. The minimum atomic E-state index is -0.348. The van der Waals surface area contributed by atoms with Crippen molar-refractivity contribution in [1.29, 1.82) is 0 Å². The molecule has 0 radical (unpaired) electrons. The molecular weight excluding hydrogens is 443 g/mol. The summed E-state index contributed by atoms with van der Waals surface area (Å²) >= 11 is 0. The molecule has 0 bridgehead atoms. The van der Waals surface area contributed by atoms with Crippen molar-refractivity contribution in [2.45, 2.75) is 64.3 Å². The number of para-hydroxylation sites is 2. The van der Waals surface area contributed by atoms with E-state index in [-0.39, 0.29) is 17.6 Å². The highest BCUT2D eigenvalue weighted by molar-refractivity contribution is 5.94. The van der Waals surface area contributed by atoms with Gasteiger partial charge in [0.05, 0.1) is 11.0 Å². The third-order valence-corrected chi connectivity index (χ3v) is 6.71. The van der Waals surface area contributed by atoms with Crippen LogP contribution in [-0.4, -0.2) is 45.9 Å². The molecule has 1 aliphatic rings. The van der Waals surface area contributed by atoms with Crippen LogP contribution in [0.5, 0.6) is 0 Å². The van der Waals surface area contributed by atoms with Crippen molar-refractivity contribution in [3.8, 4) is 0 Å². The van der Waals surface area contributed by atoms with Crippen LogP contribution in [0.15, 0.2) is 48.5 Å². The van der Waals surface area contributed by atoms with Gasteiger partial charge in [-0.2, -0.15) is 0 Å². The van der Waals surface area contributed by atoms with Gasteiger partial charge in [0.15, 0.2) is 0 Å². The van der Waals surface area contributed by atoms with Crippen molar-refractivity contribution < 1.29 is 14.0 Å². The first kappa shape index (κ1) is 24.9. The van der Waals surface area contributed by atoms with E-state index in [4.69, 9.17) is 4.98 Å². The zero-order chi connectivity index (χ0) is 24.5. The lowest BCUT2D eigenvalue weighted by Gasteiger charge is -2.20. The Morgan fingerprint density at radius 3 is 2.43 bits per heavy atom. The Hall–Kier alpha value is -3.22. The summed E-state index contributed by atoms with van der Waals surface area (Å²) in [6.45, 7) is 3.00. The van der Waals surface area contributed by atoms with E-state index in [0.29, 0.717) is 25.1 Å². The third kappa shape index (κ3) is 6.90. The van der Waals surface area contributed by atoms with Crippen LogP contribution in [0.3, 0.4) is 0 Å².